The molecule has 1 amide bonds. The van der Waals surface area contributed by atoms with Gasteiger partial charge < -0.3 is 4.90 Å². The van der Waals surface area contributed by atoms with Crippen molar-refractivity contribution in [3.8, 4) is 0 Å². The lowest BCUT2D eigenvalue weighted by Crippen LogP contribution is -2.49. The number of aryl methyl sites for hydroxylation is 1. The van der Waals surface area contributed by atoms with Crippen LogP contribution in [0.4, 0.5) is 0 Å². The SMILES string of the molecule is O=C(CCCc1ccc(Cl)cc1)N1CCN(C(c2ccccc2)c2ccccc2)CC1. The maximum absolute atomic E-state index is 12.7. The predicted octanol–water partition coefficient (Wildman–Crippen LogP) is 5.60. The summed E-state index contributed by atoms with van der Waals surface area (Å²) in [6, 6.07) is 29.5. The van der Waals surface area contributed by atoms with E-state index >= 15 is 0 Å². The molecule has 0 spiro atoms. The summed E-state index contributed by atoms with van der Waals surface area (Å²) in [5, 5.41) is 0.752. The van der Waals surface area contributed by atoms with Crippen LogP contribution in [0.5, 0.6) is 0 Å². The van der Waals surface area contributed by atoms with Crippen LogP contribution in [0.1, 0.15) is 35.6 Å². The molecule has 3 aromatic carbocycles. The highest BCUT2D eigenvalue weighted by molar-refractivity contribution is 6.30. The molecule has 1 aliphatic rings. The Hall–Kier alpha value is -2.62. The molecule has 1 fully saturated rings. The van der Waals surface area contributed by atoms with E-state index in [0.717, 1.165) is 44.0 Å². The molecule has 1 saturated heterocycles. The van der Waals surface area contributed by atoms with Crippen LogP contribution in [0.3, 0.4) is 0 Å². The first kappa shape index (κ1) is 21.6. The zero-order chi connectivity index (χ0) is 21.5. The number of piperazine rings is 1. The van der Waals surface area contributed by atoms with Gasteiger partial charge in [0.15, 0.2) is 0 Å². The number of halogens is 1. The molecule has 1 aliphatic heterocycles. The summed E-state index contributed by atoms with van der Waals surface area (Å²) in [5.74, 6) is 0.268. The molecular weight excluding hydrogens is 404 g/mol. The van der Waals surface area contributed by atoms with Crippen LogP contribution in [0, 0.1) is 0 Å². The largest absolute Gasteiger partial charge is 0.340 e. The van der Waals surface area contributed by atoms with E-state index in [9.17, 15) is 4.79 Å². The lowest BCUT2D eigenvalue weighted by atomic mass is 9.96. The molecule has 0 unspecified atom stereocenters. The molecule has 0 aliphatic carbocycles. The Morgan fingerprint density at radius 3 is 1.87 bits per heavy atom. The van der Waals surface area contributed by atoms with Gasteiger partial charge in [0.1, 0.15) is 0 Å². The molecule has 0 aromatic heterocycles. The summed E-state index contributed by atoms with van der Waals surface area (Å²) in [4.78, 5) is 17.3. The minimum Gasteiger partial charge on any atom is -0.340 e. The quantitative estimate of drug-likeness (QED) is 0.485. The minimum atomic E-state index is 0.226. The summed E-state index contributed by atoms with van der Waals surface area (Å²) in [6.45, 7) is 3.35. The van der Waals surface area contributed by atoms with Gasteiger partial charge in [0.25, 0.3) is 0 Å². The molecule has 4 heteroatoms. The molecule has 0 N–H and O–H groups in total. The molecule has 3 aromatic rings. The van der Waals surface area contributed by atoms with Crippen molar-refractivity contribution in [3.05, 3.63) is 107 Å². The Labute approximate surface area is 190 Å². The van der Waals surface area contributed by atoms with Crippen molar-refractivity contribution in [2.24, 2.45) is 0 Å². The van der Waals surface area contributed by atoms with E-state index in [-0.39, 0.29) is 11.9 Å². The smallest absolute Gasteiger partial charge is 0.222 e. The third-order valence-corrected chi connectivity index (χ3v) is 6.28. The Bertz CT molecular complexity index is 912. The minimum absolute atomic E-state index is 0.226. The zero-order valence-corrected chi connectivity index (χ0v) is 18.5. The van der Waals surface area contributed by atoms with Gasteiger partial charge in [0.2, 0.25) is 5.91 Å². The molecule has 4 rings (SSSR count). The Kier molecular flexibility index (Phi) is 7.39. The van der Waals surface area contributed by atoms with Crippen molar-refractivity contribution in [1.82, 2.24) is 9.80 Å². The lowest BCUT2D eigenvalue weighted by Gasteiger charge is -2.40. The predicted molar refractivity (Wildman–Crippen MR) is 127 cm³/mol. The van der Waals surface area contributed by atoms with E-state index in [2.05, 4.69) is 65.6 Å². The van der Waals surface area contributed by atoms with Crippen LogP contribution in [-0.4, -0.2) is 41.9 Å². The highest BCUT2D eigenvalue weighted by atomic mass is 35.5. The monoisotopic (exact) mass is 432 g/mol. The maximum Gasteiger partial charge on any atom is 0.222 e. The van der Waals surface area contributed by atoms with E-state index in [1.54, 1.807) is 0 Å². The van der Waals surface area contributed by atoms with Gasteiger partial charge in [-0.3, -0.25) is 9.69 Å². The topological polar surface area (TPSA) is 23.6 Å². The van der Waals surface area contributed by atoms with Gasteiger partial charge in [0, 0.05) is 37.6 Å². The van der Waals surface area contributed by atoms with E-state index in [1.165, 1.54) is 16.7 Å². The van der Waals surface area contributed by atoms with Crippen molar-refractivity contribution in [2.45, 2.75) is 25.3 Å². The Balaban J connectivity index is 1.33. The van der Waals surface area contributed by atoms with E-state index < -0.39 is 0 Å². The first-order chi connectivity index (χ1) is 15.2. The summed E-state index contributed by atoms with van der Waals surface area (Å²) in [6.07, 6.45) is 2.38. The number of hydrogen-bond donors (Lipinski definition) is 0. The van der Waals surface area contributed by atoms with Crippen LogP contribution in [0.25, 0.3) is 0 Å². The van der Waals surface area contributed by atoms with Crippen LogP contribution in [0.2, 0.25) is 5.02 Å². The van der Waals surface area contributed by atoms with Gasteiger partial charge in [-0.1, -0.05) is 84.4 Å². The number of benzene rings is 3. The second-order valence-corrected chi connectivity index (χ2v) is 8.56. The van der Waals surface area contributed by atoms with Crippen LogP contribution in [0.15, 0.2) is 84.9 Å². The summed E-state index contributed by atoms with van der Waals surface area (Å²) in [5.41, 5.74) is 3.84. The van der Waals surface area contributed by atoms with Crippen molar-refractivity contribution in [2.75, 3.05) is 26.2 Å². The summed E-state index contributed by atoms with van der Waals surface area (Å²) < 4.78 is 0. The normalized spacial score (nSPS) is 14.7. The third-order valence-electron chi connectivity index (χ3n) is 6.03. The fourth-order valence-electron chi connectivity index (χ4n) is 4.37. The Morgan fingerprint density at radius 1 is 0.774 bits per heavy atom. The van der Waals surface area contributed by atoms with Crippen LogP contribution >= 0.6 is 11.6 Å². The highest BCUT2D eigenvalue weighted by Gasteiger charge is 2.27. The molecule has 0 atom stereocenters. The summed E-state index contributed by atoms with van der Waals surface area (Å²) >= 11 is 5.95. The molecule has 0 saturated carbocycles. The lowest BCUT2D eigenvalue weighted by molar-refractivity contribution is -0.133. The second-order valence-electron chi connectivity index (χ2n) is 8.12. The summed E-state index contributed by atoms with van der Waals surface area (Å²) in [7, 11) is 0. The molecule has 0 bridgehead atoms. The van der Waals surface area contributed by atoms with Gasteiger partial charge in [-0.05, 0) is 41.7 Å². The number of hydrogen-bond acceptors (Lipinski definition) is 2. The number of rotatable bonds is 7. The second kappa shape index (κ2) is 10.6. The molecular formula is C27H29ClN2O. The molecule has 0 radical (unpaired) electrons. The van der Waals surface area contributed by atoms with E-state index in [4.69, 9.17) is 11.6 Å². The van der Waals surface area contributed by atoms with Crippen LogP contribution < -0.4 is 0 Å². The van der Waals surface area contributed by atoms with Crippen LogP contribution in [-0.2, 0) is 11.2 Å². The number of nitrogens with zero attached hydrogens (tertiary/aromatic N) is 2. The van der Waals surface area contributed by atoms with Gasteiger partial charge >= 0.3 is 0 Å². The molecule has 160 valence electrons. The van der Waals surface area contributed by atoms with E-state index in [0.29, 0.717) is 6.42 Å². The molecule has 3 nitrogen and oxygen atoms in total. The van der Waals surface area contributed by atoms with Gasteiger partial charge in [-0.25, -0.2) is 0 Å². The number of carbonyl (C=O) groups is 1. The zero-order valence-electron chi connectivity index (χ0n) is 17.8. The highest BCUT2D eigenvalue weighted by Crippen LogP contribution is 2.29. The van der Waals surface area contributed by atoms with Crippen molar-refractivity contribution in [3.63, 3.8) is 0 Å². The van der Waals surface area contributed by atoms with E-state index in [1.807, 2.05) is 29.2 Å². The van der Waals surface area contributed by atoms with Gasteiger partial charge in [-0.2, -0.15) is 0 Å². The average molecular weight is 433 g/mol. The molecule has 31 heavy (non-hydrogen) atoms. The standard InChI is InChI=1S/C27H29ClN2O/c28-25-16-14-22(15-17-25)8-7-13-26(31)29-18-20-30(21-19-29)27(23-9-3-1-4-10-23)24-11-5-2-6-12-24/h1-6,9-12,14-17,27H,7-8,13,18-21H2. The molecule has 1 heterocycles. The van der Waals surface area contributed by atoms with Gasteiger partial charge in [-0.15, -0.1) is 0 Å². The fourth-order valence-corrected chi connectivity index (χ4v) is 4.49. The van der Waals surface area contributed by atoms with Crippen molar-refractivity contribution < 1.29 is 4.79 Å². The maximum atomic E-state index is 12.7. The first-order valence-electron chi connectivity index (χ1n) is 11.1. The fraction of sp³-hybridized carbons (Fsp3) is 0.296. The Morgan fingerprint density at radius 2 is 1.32 bits per heavy atom. The average Bonchev–Trinajstić information content (AvgIpc) is 2.82. The van der Waals surface area contributed by atoms with Crippen molar-refractivity contribution in [1.29, 1.82) is 0 Å². The number of carbonyl (C=O) groups excluding carboxylic acids is 1. The first-order valence-corrected chi connectivity index (χ1v) is 11.4. The third kappa shape index (κ3) is 5.75. The van der Waals surface area contributed by atoms with Crippen molar-refractivity contribution >= 4 is 17.5 Å². The van der Waals surface area contributed by atoms with Gasteiger partial charge in [0.05, 0.1) is 6.04 Å². The number of amides is 1.